The van der Waals surface area contributed by atoms with Gasteiger partial charge in [-0.05, 0) is 76.5 Å². The molecule has 166 valence electrons. The monoisotopic (exact) mass is 434 g/mol. The number of carbonyl (C=O) groups is 2. The summed E-state index contributed by atoms with van der Waals surface area (Å²) in [6, 6.07) is 0. The fourth-order valence-electron chi connectivity index (χ4n) is 8.65. The Morgan fingerprint density at radius 2 is 1.93 bits per heavy atom. The number of hydrogen-bond donors (Lipinski definition) is 0. The number of ether oxygens (including phenoxy) is 2. The molecule has 0 N–H and O–H groups in total. The van der Waals surface area contributed by atoms with E-state index >= 15 is 0 Å². The number of epoxide rings is 1. The van der Waals surface area contributed by atoms with Gasteiger partial charge in [-0.3, -0.25) is 9.59 Å². The van der Waals surface area contributed by atoms with Gasteiger partial charge in [-0.25, -0.2) is 0 Å². The van der Waals surface area contributed by atoms with Gasteiger partial charge in [0.25, 0.3) is 0 Å². The maximum atomic E-state index is 13.0. The van der Waals surface area contributed by atoms with Crippen LogP contribution in [0, 0.1) is 45.8 Å². The maximum absolute atomic E-state index is 13.0. The average molecular weight is 435 g/mol. The standard InChI is InChI=1S/C25H35ClO4/c1-22(2,3)21(28)29-12-6-9-24(5)15-7-8-23(4)17(13-10-14(13)19(23)27)16(15)18(26)20-25(24,11-12)30-20/h12-18,20H,6-11H2,1-5H3/t12-,13+,14-,15-,16+,17-,18-,20+,23-,24+,25-/m0/s1. The molecule has 5 saturated carbocycles. The highest BCUT2D eigenvalue weighted by molar-refractivity contribution is 6.21. The Bertz CT molecular complexity index is 833. The van der Waals surface area contributed by atoms with Crippen LogP contribution in [-0.4, -0.2) is 34.9 Å². The van der Waals surface area contributed by atoms with Crippen LogP contribution in [0.4, 0.5) is 0 Å². The van der Waals surface area contributed by atoms with Crippen LogP contribution in [0.3, 0.4) is 0 Å². The third-order valence-corrected chi connectivity index (χ3v) is 10.9. The molecule has 0 bridgehead atoms. The molecule has 0 aromatic heterocycles. The third-order valence-electron chi connectivity index (χ3n) is 10.4. The SMILES string of the molecule is CC(C)(C)C(=O)O[C@H]1CC[C@]2(C)[C@H]3CC[C@]4(C)C(=O)[C@H]5C[C@H]5[C@H]4[C@@H]3[C@H](Cl)[C@H]3O[C@@]32C1. The van der Waals surface area contributed by atoms with Crippen LogP contribution in [0.5, 0.6) is 0 Å². The first-order valence-electron chi connectivity index (χ1n) is 12.0. The zero-order valence-corrected chi connectivity index (χ0v) is 19.6. The molecule has 0 aromatic carbocycles. The molecule has 1 aliphatic heterocycles. The van der Waals surface area contributed by atoms with Crippen molar-refractivity contribution in [2.75, 3.05) is 0 Å². The Balaban J connectivity index is 1.29. The third kappa shape index (κ3) is 2.23. The van der Waals surface area contributed by atoms with Gasteiger partial charge in [0.1, 0.15) is 23.6 Å². The predicted octanol–water partition coefficient (Wildman–Crippen LogP) is 4.76. The lowest BCUT2D eigenvalue weighted by Crippen LogP contribution is -2.62. The van der Waals surface area contributed by atoms with Crippen molar-refractivity contribution in [3.8, 4) is 0 Å². The molecule has 11 atom stereocenters. The molecule has 6 rings (SSSR count). The first-order valence-corrected chi connectivity index (χ1v) is 12.4. The van der Waals surface area contributed by atoms with Gasteiger partial charge < -0.3 is 9.47 Å². The molecule has 1 heterocycles. The van der Waals surface area contributed by atoms with Gasteiger partial charge in [0, 0.05) is 23.2 Å². The molecule has 30 heavy (non-hydrogen) atoms. The predicted molar refractivity (Wildman–Crippen MR) is 113 cm³/mol. The number of carbonyl (C=O) groups excluding carboxylic acids is 2. The maximum Gasteiger partial charge on any atom is 0.311 e. The Labute approximate surface area is 184 Å². The van der Waals surface area contributed by atoms with E-state index in [1.54, 1.807) is 0 Å². The lowest BCUT2D eigenvalue weighted by atomic mass is 9.44. The van der Waals surface area contributed by atoms with Crippen molar-refractivity contribution in [1.29, 1.82) is 0 Å². The fourth-order valence-corrected chi connectivity index (χ4v) is 9.24. The molecule has 5 aliphatic carbocycles. The van der Waals surface area contributed by atoms with E-state index in [-0.39, 0.29) is 40.0 Å². The smallest absolute Gasteiger partial charge is 0.311 e. The summed E-state index contributed by atoms with van der Waals surface area (Å²) < 4.78 is 12.5. The lowest BCUT2D eigenvalue weighted by Gasteiger charge is -2.60. The summed E-state index contributed by atoms with van der Waals surface area (Å²) in [6.07, 6.45) is 5.82. The Morgan fingerprint density at radius 3 is 2.63 bits per heavy atom. The number of halogens is 1. The van der Waals surface area contributed by atoms with Crippen molar-refractivity contribution in [2.24, 2.45) is 45.8 Å². The van der Waals surface area contributed by atoms with Crippen molar-refractivity contribution in [1.82, 2.24) is 0 Å². The van der Waals surface area contributed by atoms with E-state index in [1.165, 1.54) is 0 Å². The first kappa shape index (κ1) is 20.0. The highest BCUT2D eigenvalue weighted by Gasteiger charge is 2.81. The number of ketones is 1. The number of Topliss-reactive ketones (excluding diaryl/α,β-unsaturated/α-hetero) is 1. The largest absolute Gasteiger partial charge is 0.462 e. The van der Waals surface area contributed by atoms with Crippen LogP contribution in [0.25, 0.3) is 0 Å². The van der Waals surface area contributed by atoms with Gasteiger partial charge in [-0.15, -0.1) is 11.6 Å². The molecular formula is C25H35ClO4. The fraction of sp³-hybridized carbons (Fsp3) is 0.920. The molecule has 6 fully saturated rings. The van der Waals surface area contributed by atoms with E-state index < -0.39 is 5.41 Å². The minimum atomic E-state index is -0.488. The Kier molecular flexibility index (Phi) is 3.77. The summed E-state index contributed by atoms with van der Waals surface area (Å²) >= 11 is 7.20. The zero-order valence-electron chi connectivity index (χ0n) is 18.9. The number of hydrogen-bond acceptors (Lipinski definition) is 4. The number of esters is 1. The molecule has 4 nitrogen and oxygen atoms in total. The van der Waals surface area contributed by atoms with Gasteiger partial charge in [0.15, 0.2) is 0 Å². The molecule has 6 aliphatic rings. The van der Waals surface area contributed by atoms with E-state index in [2.05, 4.69) is 13.8 Å². The molecule has 1 spiro atoms. The van der Waals surface area contributed by atoms with E-state index in [1.807, 2.05) is 20.8 Å². The van der Waals surface area contributed by atoms with Crippen molar-refractivity contribution in [2.45, 2.75) is 96.3 Å². The highest BCUT2D eigenvalue weighted by Crippen LogP contribution is 2.77. The second-order valence-corrected chi connectivity index (χ2v) is 13.3. The first-order chi connectivity index (χ1) is 13.9. The molecule has 1 saturated heterocycles. The number of rotatable bonds is 1. The highest BCUT2D eigenvalue weighted by atomic mass is 35.5. The average Bonchev–Trinajstić information content (AvgIpc) is 3.56. The van der Waals surface area contributed by atoms with Crippen molar-refractivity contribution in [3.05, 3.63) is 0 Å². The number of alkyl halides is 1. The summed E-state index contributed by atoms with van der Waals surface area (Å²) in [7, 11) is 0. The van der Waals surface area contributed by atoms with E-state index in [0.717, 1.165) is 38.5 Å². The van der Waals surface area contributed by atoms with E-state index in [9.17, 15) is 9.59 Å². The summed E-state index contributed by atoms with van der Waals surface area (Å²) in [5.74, 6) is 2.60. The van der Waals surface area contributed by atoms with Crippen LogP contribution in [0.2, 0.25) is 0 Å². The number of fused-ring (bicyclic) bond motifs is 6. The van der Waals surface area contributed by atoms with Crippen molar-refractivity contribution in [3.63, 3.8) is 0 Å². The van der Waals surface area contributed by atoms with Crippen LogP contribution in [-0.2, 0) is 19.1 Å². The summed E-state index contributed by atoms with van der Waals surface area (Å²) in [4.78, 5) is 25.5. The molecule has 5 heteroatoms. The van der Waals surface area contributed by atoms with Gasteiger partial charge in [-0.1, -0.05) is 13.8 Å². The minimum absolute atomic E-state index is 0.0306. The van der Waals surface area contributed by atoms with Crippen LogP contribution in [0.15, 0.2) is 0 Å². The second kappa shape index (κ2) is 5.65. The van der Waals surface area contributed by atoms with Gasteiger partial charge in [0.2, 0.25) is 0 Å². The van der Waals surface area contributed by atoms with Gasteiger partial charge in [0.05, 0.1) is 10.8 Å². The molecule has 0 aromatic rings. The van der Waals surface area contributed by atoms with Gasteiger partial charge in [-0.2, -0.15) is 0 Å². The Morgan fingerprint density at radius 1 is 1.20 bits per heavy atom. The molecular weight excluding hydrogens is 400 g/mol. The summed E-state index contributed by atoms with van der Waals surface area (Å²) in [6.45, 7) is 10.4. The van der Waals surface area contributed by atoms with Gasteiger partial charge >= 0.3 is 5.97 Å². The normalized spacial score (nSPS) is 58.0. The minimum Gasteiger partial charge on any atom is -0.462 e. The summed E-state index contributed by atoms with van der Waals surface area (Å²) in [5, 5.41) is -0.0306. The van der Waals surface area contributed by atoms with Crippen molar-refractivity contribution < 1.29 is 19.1 Å². The topological polar surface area (TPSA) is 55.9 Å². The molecule has 0 radical (unpaired) electrons. The zero-order chi connectivity index (χ0) is 21.4. The van der Waals surface area contributed by atoms with Crippen LogP contribution in [0.1, 0.15) is 73.1 Å². The van der Waals surface area contributed by atoms with Crippen molar-refractivity contribution >= 4 is 23.4 Å². The van der Waals surface area contributed by atoms with Crippen LogP contribution >= 0.6 is 11.6 Å². The second-order valence-electron chi connectivity index (χ2n) is 12.8. The van der Waals surface area contributed by atoms with E-state index in [4.69, 9.17) is 21.1 Å². The van der Waals surface area contributed by atoms with Crippen LogP contribution < -0.4 is 0 Å². The van der Waals surface area contributed by atoms with E-state index in [0.29, 0.717) is 35.4 Å². The Hall–Kier alpha value is -0.610. The quantitative estimate of drug-likeness (QED) is 0.339. The molecule has 0 amide bonds. The summed E-state index contributed by atoms with van der Waals surface area (Å²) in [5.41, 5.74) is -0.832. The molecule has 0 unspecified atom stereocenters. The lowest BCUT2D eigenvalue weighted by molar-refractivity contribution is -0.168.